The smallest absolute Gasteiger partial charge is 0.243 e. The van der Waals surface area contributed by atoms with Crippen LogP contribution in [0.1, 0.15) is 16.7 Å². The highest BCUT2D eigenvalue weighted by atomic mass is 16.5. The molecule has 2 N–H and O–H groups in total. The Hall–Kier alpha value is -3.27. The highest BCUT2D eigenvalue weighted by Gasteiger charge is 2.09. The van der Waals surface area contributed by atoms with Gasteiger partial charge in [-0.1, -0.05) is 54.6 Å². The number of nitrogens with one attached hydrogen (secondary N) is 2. The first kappa shape index (κ1) is 18.5. The summed E-state index contributed by atoms with van der Waals surface area (Å²) in [7, 11) is 0. The summed E-state index contributed by atoms with van der Waals surface area (Å²) < 4.78 is 5.89. The van der Waals surface area contributed by atoms with Crippen LogP contribution in [0.25, 0.3) is 0 Å². The molecule has 0 radical (unpaired) electrons. The molecule has 138 valence electrons. The molecule has 3 aromatic carbocycles. The van der Waals surface area contributed by atoms with Crippen molar-refractivity contribution in [2.45, 2.75) is 20.5 Å². The zero-order valence-electron chi connectivity index (χ0n) is 15.7. The van der Waals surface area contributed by atoms with Gasteiger partial charge in [-0.15, -0.1) is 0 Å². The van der Waals surface area contributed by atoms with Crippen molar-refractivity contribution >= 4 is 17.3 Å². The van der Waals surface area contributed by atoms with E-state index in [9.17, 15) is 4.79 Å². The van der Waals surface area contributed by atoms with Crippen LogP contribution in [0, 0.1) is 13.8 Å². The molecule has 0 aliphatic carbocycles. The van der Waals surface area contributed by atoms with Crippen molar-refractivity contribution in [3.63, 3.8) is 0 Å². The van der Waals surface area contributed by atoms with Crippen LogP contribution in [0.5, 0.6) is 5.75 Å². The largest absolute Gasteiger partial charge is 0.487 e. The second-order valence-corrected chi connectivity index (χ2v) is 6.42. The van der Waals surface area contributed by atoms with Gasteiger partial charge in [-0.3, -0.25) is 4.79 Å². The SMILES string of the molecule is Cc1cccc(NCC(=O)Nc2ccccc2OCc2ccccc2)c1C. The third-order valence-corrected chi connectivity index (χ3v) is 4.44. The summed E-state index contributed by atoms with van der Waals surface area (Å²) in [6.07, 6.45) is 0. The van der Waals surface area contributed by atoms with Crippen LogP contribution in [-0.4, -0.2) is 12.5 Å². The summed E-state index contributed by atoms with van der Waals surface area (Å²) >= 11 is 0. The van der Waals surface area contributed by atoms with Crippen LogP contribution in [0.4, 0.5) is 11.4 Å². The quantitative estimate of drug-likeness (QED) is 0.628. The maximum Gasteiger partial charge on any atom is 0.243 e. The first-order chi connectivity index (χ1) is 13.1. The van der Waals surface area contributed by atoms with Gasteiger partial charge in [0, 0.05) is 5.69 Å². The second kappa shape index (κ2) is 8.90. The Kier molecular flexibility index (Phi) is 6.10. The van der Waals surface area contributed by atoms with Gasteiger partial charge in [0.05, 0.1) is 12.2 Å². The van der Waals surface area contributed by atoms with Crippen LogP contribution in [0.2, 0.25) is 0 Å². The van der Waals surface area contributed by atoms with E-state index in [1.807, 2.05) is 73.7 Å². The minimum absolute atomic E-state index is 0.119. The molecule has 4 heteroatoms. The zero-order chi connectivity index (χ0) is 19.1. The van der Waals surface area contributed by atoms with Crippen LogP contribution < -0.4 is 15.4 Å². The molecule has 4 nitrogen and oxygen atoms in total. The molecule has 0 aliphatic heterocycles. The highest BCUT2D eigenvalue weighted by Crippen LogP contribution is 2.25. The Balaban J connectivity index is 1.60. The first-order valence-electron chi connectivity index (χ1n) is 8.99. The maximum atomic E-state index is 12.4. The number of rotatable bonds is 7. The molecular weight excluding hydrogens is 336 g/mol. The van der Waals surface area contributed by atoms with E-state index in [0.717, 1.165) is 16.8 Å². The minimum atomic E-state index is -0.119. The standard InChI is InChI=1S/C23H24N2O2/c1-17-9-8-13-20(18(17)2)24-15-23(26)25-21-12-6-7-14-22(21)27-16-19-10-4-3-5-11-19/h3-14,24H,15-16H2,1-2H3,(H,25,26). The summed E-state index contributed by atoms with van der Waals surface area (Å²) in [5.41, 5.74) is 5.06. The second-order valence-electron chi connectivity index (χ2n) is 6.42. The number of aryl methyl sites for hydroxylation is 1. The normalized spacial score (nSPS) is 10.3. The Morgan fingerprint density at radius 1 is 0.852 bits per heavy atom. The summed E-state index contributed by atoms with van der Waals surface area (Å²) in [5.74, 6) is 0.535. The topological polar surface area (TPSA) is 50.4 Å². The molecule has 0 heterocycles. The number of carbonyl (C=O) groups is 1. The molecule has 0 atom stereocenters. The van der Waals surface area contributed by atoms with Gasteiger partial charge in [0.1, 0.15) is 12.4 Å². The van der Waals surface area contributed by atoms with Gasteiger partial charge in [0.2, 0.25) is 5.91 Å². The molecule has 0 unspecified atom stereocenters. The van der Waals surface area contributed by atoms with Crippen LogP contribution in [0.3, 0.4) is 0 Å². The molecule has 0 saturated heterocycles. The minimum Gasteiger partial charge on any atom is -0.487 e. The van der Waals surface area contributed by atoms with E-state index in [1.54, 1.807) is 0 Å². The van der Waals surface area contributed by atoms with E-state index in [4.69, 9.17) is 4.74 Å². The zero-order valence-corrected chi connectivity index (χ0v) is 15.7. The summed E-state index contributed by atoms with van der Waals surface area (Å²) in [4.78, 5) is 12.4. The average Bonchev–Trinajstić information content (AvgIpc) is 2.69. The Labute approximate surface area is 160 Å². The molecule has 1 amide bonds. The number of hydrogen-bond donors (Lipinski definition) is 2. The predicted molar refractivity (Wildman–Crippen MR) is 110 cm³/mol. The molecule has 0 bridgehead atoms. The van der Waals surface area contributed by atoms with E-state index < -0.39 is 0 Å². The molecule has 0 fully saturated rings. The number of ether oxygens (including phenoxy) is 1. The molecular formula is C23H24N2O2. The van der Waals surface area contributed by atoms with E-state index in [0.29, 0.717) is 18.0 Å². The van der Waals surface area contributed by atoms with Crippen LogP contribution in [0.15, 0.2) is 72.8 Å². The third kappa shape index (κ3) is 5.11. The Morgan fingerprint density at radius 3 is 2.37 bits per heavy atom. The van der Waals surface area contributed by atoms with E-state index >= 15 is 0 Å². The van der Waals surface area contributed by atoms with Gasteiger partial charge in [-0.25, -0.2) is 0 Å². The number of para-hydroxylation sites is 2. The van der Waals surface area contributed by atoms with Crippen molar-refractivity contribution < 1.29 is 9.53 Å². The number of benzene rings is 3. The molecule has 0 aromatic heterocycles. The van der Waals surface area contributed by atoms with Crippen molar-refractivity contribution in [1.29, 1.82) is 0 Å². The molecule has 3 aromatic rings. The lowest BCUT2D eigenvalue weighted by Crippen LogP contribution is -2.22. The van der Waals surface area contributed by atoms with Crippen molar-refractivity contribution in [2.75, 3.05) is 17.2 Å². The predicted octanol–water partition coefficient (Wildman–Crippen LogP) is 4.93. The molecule has 0 spiro atoms. The molecule has 3 rings (SSSR count). The van der Waals surface area contributed by atoms with Gasteiger partial charge in [0.15, 0.2) is 0 Å². The number of anilines is 2. The first-order valence-corrected chi connectivity index (χ1v) is 8.99. The van der Waals surface area contributed by atoms with E-state index in [2.05, 4.69) is 23.6 Å². The molecule has 0 aliphatic rings. The van der Waals surface area contributed by atoms with Crippen LogP contribution in [-0.2, 0) is 11.4 Å². The summed E-state index contributed by atoms with van der Waals surface area (Å²) in [6, 6.07) is 23.4. The van der Waals surface area contributed by atoms with Gasteiger partial charge in [-0.05, 0) is 48.7 Å². The molecule has 0 saturated carbocycles. The maximum absolute atomic E-state index is 12.4. The monoisotopic (exact) mass is 360 g/mol. The van der Waals surface area contributed by atoms with Crippen molar-refractivity contribution in [3.8, 4) is 5.75 Å². The van der Waals surface area contributed by atoms with E-state index in [-0.39, 0.29) is 12.5 Å². The fourth-order valence-corrected chi connectivity index (χ4v) is 2.74. The molecule has 27 heavy (non-hydrogen) atoms. The lowest BCUT2D eigenvalue weighted by Gasteiger charge is -2.14. The van der Waals surface area contributed by atoms with Gasteiger partial charge < -0.3 is 15.4 Å². The van der Waals surface area contributed by atoms with Gasteiger partial charge in [0.25, 0.3) is 0 Å². The Bertz CT molecular complexity index is 907. The number of amides is 1. The lowest BCUT2D eigenvalue weighted by molar-refractivity contribution is -0.114. The van der Waals surface area contributed by atoms with E-state index in [1.165, 1.54) is 5.56 Å². The Morgan fingerprint density at radius 2 is 1.56 bits per heavy atom. The number of carbonyl (C=O) groups excluding carboxylic acids is 1. The highest BCUT2D eigenvalue weighted by molar-refractivity contribution is 5.95. The third-order valence-electron chi connectivity index (χ3n) is 4.44. The average molecular weight is 360 g/mol. The van der Waals surface area contributed by atoms with Gasteiger partial charge >= 0.3 is 0 Å². The van der Waals surface area contributed by atoms with Gasteiger partial charge in [-0.2, -0.15) is 0 Å². The number of hydrogen-bond acceptors (Lipinski definition) is 3. The van der Waals surface area contributed by atoms with Crippen molar-refractivity contribution in [2.24, 2.45) is 0 Å². The fraction of sp³-hybridized carbons (Fsp3) is 0.174. The van der Waals surface area contributed by atoms with Crippen molar-refractivity contribution in [3.05, 3.63) is 89.5 Å². The lowest BCUT2D eigenvalue weighted by atomic mass is 10.1. The summed E-state index contributed by atoms with van der Waals surface area (Å²) in [5, 5.41) is 6.12. The van der Waals surface area contributed by atoms with Crippen molar-refractivity contribution in [1.82, 2.24) is 0 Å². The fourth-order valence-electron chi connectivity index (χ4n) is 2.74. The van der Waals surface area contributed by atoms with Crippen LogP contribution >= 0.6 is 0 Å². The summed E-state index contributed by atoms with van der Waals surface area (Å²) in [6.45, 7) is 4.75.